The summed E-state index contributed by atoms with van der Waals surface area (Å²) >= 11 is 5.65. The molecule has 1 aromatic rings. The van der Waals surface area contributed by atoms with Crippen molar-refractivity contribution in [2.24, 2.45) is 0 Å². The molecule has 1 N–H and O–H groups in total. The molecular formula is C9H9ClO2. The zero-order valence-electron chi connectivity index (χ0n) is 6.46. The Kier molecular flexibility index (Phi) is 3.26. The molecule has 1 rings (SSSR count). The largest absolute Gasteiger partial charge is 0.389 e. The first-order chi connectivity index (χ1) is 5.72. The van der Waals surface area contributed by atoms with Crippen LogP contribution in [0.3, 0.4) is 0 Å². The lowest BCUT2D eigenvalue weighted by Gasteiger charge is -1.97. The molecule has 0 aliphatic heterocycles. The summed E-state index contributed by atoms with van der Waals surface area (Å²) in [7, 11) is 0. The lowest BCUT2D eigenvalue weighted by Crippen LogP contribution is -2.06. The molecule has 0 aliphatic rings. The standard InChI is InChI=1S/C9H9ClO2/c10-8-3-1-7(2-4-8)5-9(12)6-11/h1-4,11H,5-6H2. The Morgan fingerprint density at radius 2 is 1.92 bits per heavy atom. The number of hydrogen-bond donors (Lipinski definition) is 1. The Labute approximate surface area is 75.8 Å². The van der Waals surface area contributed by atoms with Gasteiger partial charge in [-0.1, -0.05) is 23.7 Å². The predicted octanol–water partition coefficient (Wildman–Crippen LogP) is 1.44. The topological polar surface area (TPSA) is 37.3 Å². The van der Waals surface area contributed by atoms with Crippen LogP contribution in [0.4, 0.5) is 0 Å². The third-order valence-electron chi connectivity index (χ3n) is 1.49. The maximum Gasteiger partial charge on any atom is 0.162 e. The molecule has 2 nitrogen and oxygen atoms in total. The summed E-state index contributed by atoms with van der Waals surface area (Å²) in [6.07, 6.45) is 0.271. The Morgan fingerprint density at radius 3 is 2.42 bits per heavy atom. The number of aliphatic hydroxyl groups excluding tert-OH is 1. The van der Waals surface area contributed by atoms with Crippen molar-refractivity contribution in [3.05, 3.63) is 34.9 Å². The molecule has 12 heavy (non-hydrogen) atoms. The number of rotatable bonds is 3. The lowest BCUT2D eigenvalue weighted by molar-refractivity contribution is -0.121. The molecule has 1 aromatic carbocycles. The van der Waals surface area contributed by atoms with Crippen LogP contribution in [0.25, 0.3) is 0 Å². The Bertz CT molecular complexity index is 266. The predicted molar refractivity (Wildman–Crippen MR) is 47.2 cm³/mol. The van der Waals surface area contributed by atoms with Crippen molar-refractivity contribution in [1.29, 1.82) is 0 Å². The van der Waals surface area contributed by atoms with Gasteiger partial charge in [-0.05, 0) is 17.7 Å². The number of Topliss-reactive ketones (excluding diaryl/α,β-unsaturated/α-hetero) is 1. The number of ketones is 1. The van der Waals surface area contributed by atoms with Crippen LogP contribution in [0.15, 0.2) is 24.3 Å². The van der Waals surface area contributed by atoms with Crippen LogP contribution in [0.2, 0.25) is 5.02 Å². The second-order valence-corrected chi connectivity index (χ2v) is 2.94. The molecule has 0 aliphatic carbocycles. The molecule has 0 bridgehead atoms. The van der Waals surface area contributed by atoms with E-state index in [4.69, 9.17) is 16.7 Å². The van der Waals surface area contributed by atoms with E-state index in [2.05, 4.69) is 0 Å². The van der Waals surface area contributed by atoms with Crippen molar-refractivity contribution in [3.8, 4) is 0 Å². The van der Waals surface area contributed by atoms with Gasteiger partial charge >= 0.3 is 0 Å². The van der Waals surface area contributed by atoms with E-state index in [9.17, 15) is 4.79 Å². The minimum Gasteiger partial charge on any atom is -0.389 e. The number of halogens is 1. The van der Waals surface area contributed by atoms with Gasteiger partial charge in [-0.2, -0.15) is 0 Å². The maximum atomic E-state index is 10.8. The number of aliphatic hydroxyl groups is 1. The molecule has 0 saturated carbocycles. The average Bonchev–Trinajstić information content (AvgIpc) is 2.09. The molecule has 0 atom stereocenters. The molecule has 0 spiro atoms. The van der Waals surface area contributed by atoms with Gasteiger partial charge in [-0.25, -0.2) is 0 Å². The highest BCUT2D eigenvalue weighted by Gasteiger charge is 2.00. The van der Waals surface area contributed by atoms with Crippen LogP contribution in [0.5, 0.6) is 0 Å². The van der Waals surface area contributed by atoms with Crippen molar-refractivity contribution in [2.75, 3.05) is 6.61 Å². The number of benzene rings is 1. The van der Waals surface area contributed by atoms with E-state index in [1.807, 2.05) is 0 Å². The van der Waals surface area contributed by atoms with Gasteiger partial charge in [0.1, 0.15) is 6.61 Å². The highest BCUT2D eigenvalue weighted by atomic mass is 35.5. The van der Waals surface area contributed by atoms with Gasteiger partial charge < -0.3 is 5.11 Å². The average molecular weight is 185 g/mol. The Hall–Kier alpha value is -0.860. The molecule has 3 heteroatoms. The molecular weight excluding hydrogens is 176 g/mol. The van der Waals surface area contributed by atoms with Crippen molar-refractivity contribution >= 4 is 17.4 Å². The van der Waals surface area contributed by atoms with E-state index >= 15 is 0 Å². The fourth-order valence-electron chi connectivity index (χ4n) is 0.886. The third kappa shape index (κ3) is 2.64. The summed E-state index contributed by atoms with van der Waals surface area (Å²) in [6, 6.07) is 6.99. The Morgan fingerprint density at radius 1 is 1.33 bits per heavy atom. The molecule has 0 aromatic heterocycles. The van der Waals surface area contributed by atoms with Crippen molar-refractivity contribution in [3.63, 3.8) is 0 Å². The maximum absolute atomic E-state index is 10.8. The van der Waals surface area contributed by atoms with Crippen molar-refractivity contribution < 1.29 is 9.90 Å². The zero-order valence-corrected chi connectivity index (χ0v) is 7.21. The fourth-order valence-corrected chi connectivity index (χ4v) is 1.01. The van der Waals surface area contributed by atoms with Gasteiger partial charge in [-0.15, -0.1) is 0 Å². The first-order valence-corrected chi connectivity index (χ1v) is 3.97. The second kappa shape index (κ2) is 4.24. The normalized spacial score (nSPS) is 9.83. The quantitative estimate of drug-likeness (QED) is 0.772. The summed E-state index contributed by atoms with van der Waals surface area (Å²) in [5.41, 5.74) is 0.874. The first-order valence-electron chi connectivity index (χ1n) is 3.59. The molecule has 0 radical (unpaired) electrons. The molecule has 64 valence electrons. The van der Waals surface area contributed by atoms with Crippen LogP contribution in [-0.2, 0) is 11.2 Å². The lowest BCUT2D eigenvalue weighted by atomic mass is 10.1. The van der Waals surface area contributed by atoms with E-state index < -0.39 is 6.61 Å². The van der Waals surface area contributed by atoms with Gasteiger partial charge in [0.2, 0.25) is 0 Å². The fraction of sp³-hybridized carbons (Fsp3) is 0.222. The summed E-state index contributed by atoms with van der Waals surface area (Å²) in [5, 5.41) is 9.12. The first kappa shape index (κ1) is 9.23. The molecule has 0 fully saturated rings. The van der Waals surface area contributed by atoms with Crippen LogP contribution in [0.1, 0.15) is 5.56 Å². The van der Waals surface area contributed by atoms with E-state index in [0.717, 1.165) is 5.56 Å². The number of hydrogen-bond acceptors (Lipinski definition) is 2. The van der Waals surface area contributed by atoms with Gasteiger partial charge in [-0.3, -0.25) is 4.79 Å². The summed E-state index contributed by atoms with van der Waals surface area (Å²) in [5.74, 6) is -0.183. The van der Waals surface area contributed by atoms with Crippen LogP contribution in [-0.4, -0.2) is 17.5 Å². The van der Waals surface area contributed by atoms with E-state index in [-0.39, 0.29) is 12.2 Å². The van der Waals surface area contributed by atoms with Gasteiger partial charge in [0.15, 0.2) is 5.78 Å². The van der Waals surface area contributed by atoms with E-state index in [0.29, 0.717) is 5.02 Å². The minimum absolute atomic E-state index is 0.183. The smallest absolute Gasteiger partial charge is 0.162 e. The zero-order chi connectivity index (χ0) is 8.97. The second-order valence-electron chi connectivity index (χ2n) is 2.50. The van der Waals surface area contributed by atoms with Crippen LogP contribution < -0.4 is 0 Å². The molecule has 0 heterocycles. The van der Waals surface area contributed by atoms with Crippen LogP contribution >= 0.6 is 11.6 Å². The van der Waals surface area contributed by atoms with Crippen molar-refractivity contribution in [2.45, 2.75) is 6.42 Å². The Balaban J connectivity index is 2.64. The van der Waals surface area contributed by atoms with Crippen LogP contribution in [0, 0.1) is 0 Å². The van der Waals surface area contributed by atoms with Gasteiger partial charge in [0.05, 0.1) is 0 Å². The van der Waals surface area contributed by atoms with Gasteiger partial charge in [0, 0.05) is 11.4 Å². The van der Waals surface area contributed by atoms with Gasteiger partial charge in [0.25, 0.3) is 0 Å². The van der Waals surface area contributed by atoms with E-state index in [1.54, 1.807) is 24.3 Å². The highest BCUT2D eigenvalue weighted by molar-refractivity contribution is 6.30. The summed E-state index contributed by atoms with van der Waals surface area (Å²) in [4.78, 5) is 10.8. The monoisotopic (exact) mass is 184 g/mol. The number of carbonyl (C=O) groups is 1. The summed E-state index contributed by atoms with van der Waals surface area (Å²) in [6.45, 7) is -0.400. The molecule has 0 amide bonds. The SMILES string of the molecule is O=C(CO)Cc1ccc(Cl)cc1. The highest BCUT2D eigenvalue weighted by Crippen LogP contribution is 2.09. The van der Waals surface area contributed by atoms with Crippen molar-refractivity contribution in [1.82, 2.24) is 0 Å². The third-order valence-corrected chi connectivity index (χ3v) is 1.74. The van der Waals surface area contributed by atoms with E-state index in [1.165, 1.54) is 0 Å². The minimum atomic E-state index is -0.400. The number of carbonyl (C=O) groups excluding carboxylic acids is 1. The molecule has 0 unspecified atom stereocenters. The molecule has 0 saturated heterocycles. The summed E-state index contributed by atoms with van der Waals surface area (Å²) < 4.78 is 0.